The van der Waals surface area contributed by atoms with Gasteiger partial charge in [-0.25, -0.2) is 4.79 Å². The number of nitrogens with one attached hydrogen (secondary N) is 1. The summed E-state index contributed by atoms with van der Waals surface area (Å²) in [5, 5.41) is 11.5. The molecule has 0 unspecified atom stereocenters. The summed E-state index contributed by atoms with van der Waals surface area (Å²) in [5.41, 5.74) is 0.840. The van der Waals surface area contributed by atoms with Crippen molar-refractivity contribution in [1.29, 1.82) is 0 Å². The second-order valence-corrected chi connectivity index (χ2v) is 6.05. The molecule has 0 radical (unpaired) electrons. The fourth-order valence-corrected chi connectivity index (χ4v) is 2.93. The van der Waals surface area contributed by atoms with Gasteiger partial charge in [0.1, 0.15) is 4.34 Å². The van der Waals surface area contributed by atoms with E-state index in [2.05, 4.69) is 10.3 Å². The minimum atomic E-state index is -1.05. The Kier molecular flexibility index (Phi) is 4.59. The molecule has 0 aliphatic heterocycles. The number of carboxylic acids is 1. The lowest BCUT2D eigenvalue weighted by molar-refractivity contribution is 0.0696. The van der Waals surface area contributed by atoms with E-state index in [1.165, 1.54) is 24.4 Å². The summed E-state index contributed by atoms with van der Waals surface area (Å²) in [4.78, 5) is 26.7. The molecular formula is C12H8Cl2N2O3S. The number of hydrogen-bond acceptors (Lipinski definition) is 4. The molecule has 2 aromatic rings. The van der Waals surface area contributed by atoms with Crippen LogP contribution >= 0.6 is 34.5 Å². The Morgan fingerprint density at radius 2 is 2.10 bits per heavy atom. The van der Waals surface area contributed by atoms with Gasteiger partial charge in [-0.15, -0.1) is 11.3 Å². The van der Waals surface area contributed by atoms with E-state index in [-0.39, 0.29) is 23.6 Å². The quantitative estimate of drug-likeness (QED) is 0.902. The van der Waals surface area contributed by atoms with Crippen LogP contribution in [0.25, 0.3) is 0 Å². The first-order chi connectivity index (χ1) is 9.47. The van der Waals surface area contributed by atoms with Crippen molar-refractivity contribution >= 4 is 46.4 Å². The highest BCUT2D eigenvalue weighted by Gasteiger charge is 2.14. The first-order valence-electron chi connectivity index (χ1n) is 5.38. The first kappa shape index (κ1) is 14.8. The van der Waals surface area contributed by atoms with Crippen LogP contribution in [0.1, 0.15) is 26.4 Å². The van der Waals surface area contributed by atoms with Gasteiger partial charge >= 0.3 is 5.97 Å². The number of hydrogen-bond donors (Lipinski definition) is 2. The van der Waals surface area contributed by atoms with Gasteiger partial charge in [-0.05, 0) is 18.2 Å². The predicted octanol–water partition coefficient (Wildman–Crippen LogP) is 3.08. The van der Waals surface area contributed by atoms with Gasteiger partial charge in [-0.2, -0.15) is 0 Å². The molecule has 0 aromatic carbocycles. The van der Waals surface area contributed by atoms with E-state index in [9.17, 15) is 9.59 Å². The van der Waals surface area contributed by atoms with E-state index in [1.807, 2.05) is 0 Å². The molecule has 0 fully saturated rings. The Balaban J connectivity index is 2.05. The maximum Gasteiger partial charge on any atom is 0.335 e. The molecular weight excluding hydrogens is 323 g/mol. The van der Waals surface area contributed by atoms with Gasteiger partial charge in [-0.1, -0.05) is 23.2 Å². The van der Waals surface area contributed by atoms with Crippen LogP contribution in [-0.4, -0.2) is 22.0 Å². The van der Waals surface area contributed by atoms with Gasteiger partial charge < -0.3 is 10.4 Å². The van der Waals surface area contributed by atoms with Gasteiger partial charge in [0.2, 0.25) is 0 Å². The Morgan fingerprint density at radius 3 is 2.70 bits per heavy atom. The second kappa shape index (κ2) is 6.21. The van der Waals surface area contributed by atoms with Crippen molar-refractivity contribution in [3.8, 4) is 0 Å². The van der Waals surface area contributed by atoms with Crippen LogP contribution in [0.3, 0.4) is 0 Å². The third-order valence-corrected chi connectivity index (χ3v) is 3.88. The molecule has 0 bridgehead atoms. The Hall–Kier alpha value is -1.63. The fourth-order valence-electron chi connectivity index (χ4n) is 1.47. The SMILES string of the molecule is O=C(O)c1ccnc(CNC(=O)c2cc(Cl)sc2Cl)c1. The summed E-state index contributed by atoms with van der Waals surface area (Å²) in [7, 11) is 0. The number of carboxylic acid groups (broad SMARTS) is 1. The van der Waals surface area contributed by atoms with Crippen LogP contribution in [-0.2, 0) is 6.54 Å². The molecule has 2 heterocycles. The van der Waals surface area contributed by atoms with Crippen molar-refractivity contribution in [1.82, 2.24) is 10.3 Å². The van der Waals surface area contributed by atoms with Gasteiger partial charge in [0, 0.05) is 6.20 Å². The Bertz CT molecular complexity index is 672. The zero-order chi connectivity index (χ0) is 14.7. The van der Waals surface area contributed by atoms with Gasteiger partial charge in [0.15, 0.2) is 0 Å². The third-order valence-electron chi connectivity index (χ3n) is 2.39. The molecule has 2 rings (SSSR count). The largest absolute Gasteiger partial charge is 0.478 e. The molecule has 0 saturated heterocycles. The van der Waals surface area contributed by atoms with Crippen LogP contribution < -0.4 is 5.32 Å². The number of aromatic nitrogens is 1. The molecule has 5 nitrogen and oxygen atoms in total. The summed E-state index contributed by atoms with van der Waals surface area (Å²) >= 11 is 12.7. The monoisotopic (exact) mass is 330 g/mol. The summed E-state index contributed by atoms with van der Waals surface area (Å²) < 4.78 is 0.728. The zero-order valence-corrected chi connectivity index (χ0v) is 12.2. The van der Waals surface area contributed by atoms with Gasteiger partial charge in [0.25, 0.3) is 5.91 Å². The summed E-state index contributed by atoms with van der Waals surface area (Å²) in [6.07, 6.45) is 1.37. The number of nitrogens with zero attached hydrogens (tertiary/aromatic N) is 1. The number of aromatic carboxylic acids is 1. The molecule has 1 amide bonds. The number of amides is 1. The molecule has 0 atom stereocenters. The van der Waals surface area contributed by atoms with Crippen LogP contribution in [0.5, 0.6) is 0 Å². The molecule has 0 spiro atoms. The summed E-state index contributed by atoms with van der Waals surface area (Å²) in [6, 6.07) is 4.25. The van der Waals surface area contributed by atoms with Crippen molar-refractivity contribution in [2.24, 2.45) is 0 Å². The van der Waals surface area contributed by atoms with Crippen molar-refractivity contribution in [3.05, 3.63) is 49.9 Å². The standard InChI is InChI=1S/C12H8Cl2N2O3S/c13-9-4-8(10(14)20-9)11(17)16-5-7-3-6(12(18)19)1-2-15-7/h1-4H,5H2,(H,16,17)(H,18,19). The van der Waals surface area contributed by atoms with Crippen LogP contribution in [0.4, 0.5) is 0 Å². The second-order valence-electron chi connectivity index (χ2n) is 3.76. The van der Waals surface area contributed by atoms with Crippen molar-refractivity contribution in [2.75, 3.05) is 0 Å². The minimum absolute atomic E-state index is 0.101. The molecule has 2 N–H and O–H groups in total. The zero-order valence-electron chi connectivity index (χ0n) is 9.89. The number of carbonyl (C=O) groups is 2. The van der Waals surface area contributed by atoms with E-state index in [4.69, 9.17) is 28.3 Å². The first-order valence-corrected chi connectivity index (χ1v) is 6.96. The topological polar surface area (TPSA) is 79.3 Å². The van der Waals surface area contributed by atoms with E-state index in [0.717, 1.165) is 11.3 Å². The lowest BCUT2D eigenvalue weighted by Gasteiger charge is -2.04. The molecule has 0 saturated carbocycles. The van der Waals surface area contributed by atoms with E-state index < -0.39 is 5.97 Å². The number of halogens is 2. The van der Waals surface area contributed by atoms with Crippen LogP contribution in [0, 0.1) is 0 Å². The number of pyridine rings is 1. The maximum atomic E-state index is 11.9. The van der Waals surface area contributed by atoms with Crippen LogP contribution in [0.15, 0.2) is 24.4 Å². The average Bonchev–Trinajstić information content (AvgIpc) is 2.75. The highest BCUT2D eigenvalue weighted by molar-refractivity contribution is 7.20. The van der Waals surface area contributed by atoms with Gasteiger partial charge in [-0.3, -0.25) is 9.78 Å². The minimum Gasteiger partial charge on any atom is -0.478 e. The van der Waals surface area contributed by atoms with Crippen molar-refractivity contribution in [2.45, 2.75) is 6.54 Å². The van der Waals surface area contributed by atoms with Crippen molar-refractivity contribution in [3.63, 3.8) is 0 Å². The molecule has 2 aromatic heterocycles. The number of rotatable bonds is 4. The van der Waals surface area contributed by atoms with Crippen LogP contribution in [0.2, 0.25) is 8.67 Å². The average molecular weight is 331 g/mol. The molecule has 0 aliphatic rings. The molecule has 8 heteroatoms. The Labute approximate surface area is 128 Å². The third kappa shape index (κ3) is 3.47. The smallest absolute Gasteiger partial charge is 0.335 e. The van der Waals surface area contributed by atoms with E-state index >= 15 is 0 Å². The normalized spacial score (nSPS) is 10.3. The highest BCUT2D eigenvalue weighted by atomic mass is 35.5. The predicted molar refractivity (Wildman–Crippen MR) is 76.7 cm³/mol. The number of carbonyl (C=O) groups excluding carboxylic acids is 1. The lowest BCUT2D eigenvalue weighted by atomic mass is 10.2. The van der Waals surface area contributed by atoms with Crippen molar-refractivity contribution < 1.29 is 14.7 Å². The molecule has 20 heavy (non-hydrogen) atoms. The van der Waals surface area contributed by atoms with E-state index in [0.29, 0.717) is 14.4 Å². The molecule has 104 valence electrons. The van der Waals surface area contributed by atoms with Gasteiger partial charge in [0.05, 0.1) is 27.7 Å². The Morgan fingerprint density at radius 1 is 1.35 bits per heavy atom. The summed E-state index contributed by atoms with van der Waals surface area (Å²) in [6.45, 7) is 0.101. The maximum absolute atomic E-state index is 11.9. The van der Waals surface area contributed by atoms with E-state index in [1.54, 1.807) is 0 Å². The lowest BCUT2D eigenvalue weighted by Crippen LogP contribution is -2.23. The molecule has 0 aliphatic carbocycles. The highest BCUT2D eigenvalue weighted by Crippen LogP contribution is 2.30. The fraction of sp³-hybridized carbons (Fsp3) is 0.0833. The summed E-state index contributed by atoms with van der Waals surface area (Å²) in [5.74, 6) is -1.44. The number of thiophene rings is 1.